The first-order chi connectivity index (χ1) is 8.95. The van der Waals surface area contributed by atoms with E-state index in [0.717, 1.165) is 32.8 Å². The van der Waals surface area contributed by atoms with E-state index in [1.807, 2.05) is 0 Å². The number of nitrogens with zero attached hydrogens (tertiary/aromatic N) is 1. The summed E-state index contributed by atoms with van der Waals surface area (Å²) < 4.78 is 16.5. The van der Waals surface area contributed by atoms with Crippen molar-refractivity contribution in [3.8, 4) is 0 Å². The molecule has 2 aliphatic rings. The summed E-state index contributed by atoms with van der Waals surface area (Å²) in [5.74, 6) is 0.543. The summed E-state index contributed by atoms with van der Waals surface area (Å²) in [5.41, 5.74) is 0. The van der Waals surface area contributed by atoms with Crippen LogP contribution in [0.15, 0.2) is 24.3 Å². The van der Waals surface area contributed by atoms with E-state index in [2.05, 4.69) is 29.2 Å². The summed E-state index contributed by atoms with van der Waals surface area (Å²) in [6, 6.07) is 0. The molecule has 4 nitrogen and oxygen atoms in total. The van der Waals surface area contributed by atoms with E-state index in [1.165, 1.54) is 0 Å². The van der Waals surface area contributed by atoms with Gasteiger partial charge in [-0.1, -0.05) is 24.3 Å². The molecule has 0 aromatic rings. The maximum Gasteiger partial charge on any atom is 0.0701 e. The van der Waals surface area contributed by atoms with Gasteiger partial charge in [0.25, 0.3) is 0 Å². The molecule has 0 radical (unpaired) electrons. The highest BCUT2D eigenvalue weighted by atomic mass is 16.5. The summed E-state index contributed by atoms with van der Waals surface area (Å²) in [5, 5.41) is 0. The fourth-order valence-corrected chi connectivity index (χ4v) is 2.12. The van der Waals surface area contributed by atoms with Crippen LogP contribution in [0.4, 0.5) is 0 Å². The van der Waals surface area contributed by atoms with Gasteiger partial charge in [0, 0.05) is 25.6 Å². The SMILES string of the molecule is C1=CC(CN2CCOCCOCCOCC2)C=C1. The molecular formula is C14H23NO3. The first-order valence-corrected chi connectivity index (χ1v) is 6.76. The first kappa shape index (κ1) is 13.7. The molecule has 0 aromatic heterocycles. The lowest BCUT2D eigenvalue weighted by atomic mass is 10.1. The molecule has 1 saturated heterocycles. The fraction of sp³-hybridized carbons (Fsp3) is 0.714. The Morgan fingerprint density at radius 3 is 1.83 bits per heavy atom. The lowest BCUT2D eigenvalue weighted by Gasteiger charge is -2.24. The average molecular weight is 253 g/mol. The van der Waals surface area contributed by atoms with Crippen LogP contribution in [-0.4, -0.2) is 64.2 Å². The molecule has 1 heterocycles. The van der Waals surface area contributed by atoms with E-state index < -0.39 is 0 Å². The van der Waals surface area contributed by atoms with Gasteiger partial charge in [0.1, 0.15) is 0 Å². The molecule has 1 aliphatic heterocycles. The Balaban J connectivity index is 1.73. The molecule has 0 bridgehead atoms. The number of rotatable bonds is 2. The van der Waals surface area contributed by atoms with Crippen LogP contribution in [0, 0.1) is 5.92 Å². The molecular weight excluding hydrogens is 230 g/mol. The Labute approximate surface area is 109 Å². The summed E-state index contributed by atoms with van der Waals surface area (Å²) in [6.07, 6.45) is 8.72. The van der Waals surface area contributed by atoms with Gasteiger partial charge in [0.2, 0.25) is 0 Å². The van der Waals surface area contributed by atoms with Crippen molar-refractivity contribution in [3.63, 3.8) is 0 Å². The Bertz CT molecular complexity index is 254. The maximum absolute atomic E-state index is 5.56. The first-order valence-electron chi connectivity index (χ1n) is 6.76. The van der Waals surface area contributed by atoms with Gasteiger partial charge in [-0.05, 0) is 0 Å². The van der Waals surface area contributed by atoms with E-state index >= 15 is 0 Å². The van der Waals surface area contributed by atoms with Crippen LogP contribution in [0.25, 0.3) is 0 Å². The third-order valence-corrected chi connectivity index (χ3v) is 3.14. The van der Waals surface area contributed by atoms with E-state index in [1.54, 1.807) is 0 Å². The third kappa shape index (κ3) is 5.31. The van der Waals surface area contributed by atoms with Crippen LogP contribution >= 0.6 is 0 Å². The van der Waals surface area contributed by atoms with Crippen LogP contribution in [0.3, 0.4) is 0 Å². The number of hydrogen-bond acceptors (Lipinski definition) is 4. The molecule has 0 spiro atoms. The summed E-state index contributed by atoms with van der Waals surface area (Å²) in [6.45, 7) is 7.19. The molecule has 0 aromatic carbocycles. The van der Waals surface area contributed by atoms with Crippen molar-refractivity contribution in [2.45, 2.75) is 0 Å². The van der Waals surface area contributed by atoms with Crippen molar-refractivity contribution >= 4 is 0 Å². The maximum atomic E-state index is 5.56. The van der Waals surface area contributed by atoms with Crippen molar-refractivity contribution < 1.29 is 14.2 Å². The van der Waals surface area contributed by atoms with E-state index in [9.17, 15) is 0 Å². The van der Waals surface area contributed by atoms with Gasteiger partial charge in [-0.25, -0.2) is 0 Å². The summed E-state index contributed by atoms with van der Waals surface area (Å²) in [7, 11) is 0. The van der Waals surface area contributed by atoms with Gasteiger partial charge in [0.05, 0.1) is 39.6 Å². The molecule has 0 saturated carbocycles. The highest BCUT2D eigenvalue weighted by molar-refractivity contribution is 5.17. The van der Waals surface area contributed by atoms with Gasteiger partial charge < -0.3 is 14.2 Å². The summed E-state index contributed by atoms with van der Waals surface area (Å²) >= 11 is 0. The van der Waals surface area contributed by atoms with Gasteiger partial charge in [-0.2, -0.15) is 0 Å². The molecule has 2 rings (SSSR count). The second kappa shape index (κ2) is 8.43. The minimum absolute atomic E-state index is 0.543. The van der Waals surface area contributed by atoms with Gasteiger partial charge in [-0.15, -0.1) is 0 Å². The largest absolute Gasteiger partial charge is 0.378 e. The Morgan fingerprint density at radius 2 is 1.28 bits per heavy atom. The topological polar surface area (TPSA) is 30.9 Å². The Kier molecular flexibility index (Phi) is 6.43. The second-order valence-electron chi connectivity index (χ2n) is 4.57. The average Bonchev–Trinajstić information content (AvgIpc) is 2.85. The minimum atomic E-state index is 0.543. The van der Waals surface area contributed by atoms with Crippen LogP contribution in [0.5, 0.6) is 0 Å². The van der Waals surface area contributed by atoms with Crippen LogP contribution < -0.4 is 0 Å². The van der Waals surface area contributed by atoms with Crippen molar-refractivity contribution in [2.75, 3.05) is 59.3 Å². The lowest BCUT2D eigenvalue weighted by molar-refractivity contribution is -0.00639. The quantitative estimate of drug-likeness (QED) is 0.737. The molecule has 0 unspecified atom stereocenters. The highest BCUT2D eigenvalue weighted by Gasteiger charge is 2.11. The molecule has 1 fully saturated rings. The fourth-order valence-electron chi connectivity index (χ4n) is 2.12. The standard InChI is InChI=1S/C14H23NO3/c1-2-4-14(3-1)13-15-5-7-16-9-11-18-12-10-17-8-6-15/h1-4,14H,5-13H2. The molecule has 18 heavy (non-hydrogen) atoms. The smallest absolute Gasteiger partial charge is 0.0701 e. The molecule has 0 N–H and O–H groups in total. The zero-order valence-corrected chi connectivity index (χ0v) is 10.9. The molecule has 4 heteroatoms. The van der Waals surface area contributed by atoms with Crippen LogP contribution in [-0.2, 0) is 14.2 Å². The predicted molar refractivity (Wildman–Crippen MR) is 70.7 cm³/mol. The van der Waals surface area contributed by atoms with Crippen LogP contribution in [0.1, 0.15) is 0 Å². The normalized spacial score (nSPS) is 24.9. The number of allylic oxidation sites excluding steroid dienone is 2. The Hall–Kier alpha value is -0.680. The minimum Gasteiger partial charge on any atom is -0.378 e. The zero-order valence-electron chi connectivity index (χ0n) is 10.9. The highest BCUT2D eigenvalue weighted by Crippen LogP contribution is 2.10. The second-order valence-corrected chi connectivity index (χ2v) is 4.57. The monoisotopic (exact) mass is 253 g/mol. The number of hydrogen-bond donors (Lipinski definition) is 0. The Morgan fingerprint density at radius 1 is 0.778 bits per heavy atom. The van der Waals surface area contributed by atoms with E-state index in [-0.39, 0.29) is 0 Å². The molecule has 0 atom stereocenters. The molecule has 102 valence electrons. The van der Waals surface area contributed by atoms with Crippen LogP contribution in [0.2, 0.25) is 0 Å². The van der Waals surface area contributed by atoms with E-state index in [4.69, 9.17) is 14.2 Å². The van der Waals surface area contributed by atoms with Crippen molar-refractivity contribution in [1.29, 1.82) is 0 Å². The number of ether oxygens (including phenoxy) is 3. The molecule has 1 aliphatic carbocycles. The lowest BCUT2D eigenvalue weighted by Crippen LogP contribution is -2.35. The van der Waals surface area contributed by atoms with Crippen molar-refractivity contribution in [1.82, 2.24) is 4.90 Å². The zero-order chi connectivity index (χ0) is 12.5. The predicted octanol–water partition coefficient (Wildman–Crippen LogP) is 1.09. The third-order valence-electron chi connectivity index (χ3n) is 3.14. The summed E-state index contributed by atoms with van der Waals surface area (Å²) in [4.78, 5) is 2.41. The van der Waals surface area contributed by atoms with E-state index in [0.29, 0.717) is 32.3 Å². The van der Waals surface area contributed by atoms with Gasteiger partial charge >= 0.3 is 0 Å². The van der Waals surface area contributed by atoms with Crippen molar-refractivity contribution in [2.24, 2.45) is 5.92 Å². The molecule has 0 amide bonds. The van der Waals surface area contributed by atoms with Gasteiger partial charge in [0.15, 0.2) is 0 Å². The van der Waals surface area contributed by atoms with Gasteiger partial charge in [-0.3, -0.25) is 4.90 Å². The van der Waals surface area contributed by atoms with Crippen molar-refractivity contribution in [3.05, 3.63) is 24.3 Å².